The summed E-state index contributed by atoms with van der Waals surface area (Å²) in [6.07, 6.45) is 2.47. The van der Waals surface area contributed by atoms with Crippen molar-refractivity contribution in [3.8, 4) is 11.3 Å². The van der Waals surface area contributed by atoms with Crippen molar-refractivity contribution in [3.63, 3.8) is 0 Å². The summed E-state index contributed by atoms with van der Waals surface area (Å²) in [5, 5.41) is 10.6. The second kappa shape index (κ2) is 7.19. The predicted octanol–water partition coefficient (Wildman–Crippen LogP) is 2.85. The highest BCUT2D eigenvalue weighted by atomic mass is 35.5. The molecule has 0 fully saturated rings. The average molecular weight is 389 g/mol. The molecule has 0 radical (unpaired) electrons. The molecule has 1 amide bonds. The maximum absolute atomic E-state index is 12.1. The number of nitrogens with one attached hydrogen (secondary N) is 1. The van der Waals surface area contributed by atoms with E-state index in [-0.39, 0.29) is 10.9 Å². The number of halogens is 1. The molecule has 0 aliphatic rings. The Bertz CT molecular complexity index is 1030. The van der Waals surface area contributed by atoms with Crippen LogP contribution in [0.4, 0.5) is 5.69 Å². The zero-order valence-corrected chi connectivity index (χ0v) is 15.1. The van der Waals surface area contributed by atoms with E-state index >= 15 is 0 Å². The van der Waals surface area contributed by atoms with Crippen LogP contribution in [0.1, 0.15) is 10.4 Å². The Balaban J connectivity index is 1.74. The lowest BCUT2D eigenvalue weighted by Gasteiger charge is -2.06. The van der Waals surface area contributed by atoms with Crippen LogP contribution in [0.3, 0.4) is 0 Å². The summed E-state index contributed by atoms with van der Waals surface area (Å²) in [7, 11) is -3.39. The quantitative estimate of drug-likeness (QED) is 0.689. The van der Waals surface area contributed by atoms with E-state index in [4.69, 9.17) is 11.6 Å². The van der Waals surface area contributed by atoms with E-state index in [9.17, 15) is 13.2 Å². The molecule has 7 nitrogen and oxygen atoms in total. The first kappa shape index (κ1) is 18.0. The van der Waals surface area contributed by atoms with Gasteiger partial charge in [0.1, 0.15) is 5.15 Å². The van der Waals surface area contributed by atoms with E-state index < -0.39 is 9.84 Å². The Morgan fingerprint density at radius 3 is 2.27 bits per heavy atom. The van der Waals surface area contributed by atoms with E-state index in [2.05, 4.69) is 20.5 Å². The van der Waals surface area contributed by atoms with Crippen LogP contribution >= 0.6 is 11.6 Å². The minimum Gasteiger partial charge on any atom is -0.322 e. The average Bonchev–Trinajstić information content (AvgIpc) is 2.62. The van der Waals surface area contributed by atoms with Crippen molar-refractivity contribution in [1.82, 2.24) is 15.2 Å². The topological polar surface area (TPSA) is 102 Å². The van der Waals surface area contributed by atoms with Crippen LogP contribution in [-0.4, -0.2) is 35.8 Å². The zero-order valence-electron chi connectivity index (χ0n) is 13.5. The number of benzene rings is 1. The van der Waals surface area contributed by atoms with Gasteiger partial charge in [-0.2, -0.15) is 0 Å². The van der Waals surface area contributed by atoms with Crippen LogP contribution in [-0.2, 0) is 9.84 Å². The number of carbonyl (C=O) groups is 1. The number of anilines is 1. The molecule has 2 aromatic heterocycles. The summed E-state index contributed by atoms with van der Waals surface area (Å²) >= 11 is 5.70. The molecule has 0 atom stereocenters. The summed E-state index contributed by atoms with van der Waals surface area (Å²) in [5.74, 6) is -0.306. The molecule has 0 saturated heterocycles. The van der Waals surface area contributed by atoms with E-state index in [0.717, 1.165) is 11.8 Å². The number of aromatic nitrogens is 3. The van der Waals surface area contributed by atoms with Gasteiger partial charge >= 0.3 is 0 Å². The molecule has 0 saturated carbocycles. The number of carbonyl (C=O) groups excluding carboxylic acids is 1. The van der Waals surface area contributed by atoms with Crippen LogP contribution in [0, 0.1) is 0 Å². The summed E-state index contributed by atoms with van der Waals surface area (Å²) in [6, 6.07) is 13.0. The fraction of sp³-hybridized carbons (Fsp3) is 0.0588. The van der Waals surface area contributed by atoms with Gasteiger partial charge in [-0.3, -0.25) is 4.79 Å². The summed E-state index contributed by atoms with van der Waals surface area (Å²) < 4.78 is 22.8. The lowest BCUT2D eigenvalue weighted by atomic mass is 10.1. The summed E-state index contributed by atoms with van der Waals surface area (Å²) in [6.45, 7) is 0. The largest absolute Gasteiger partial charge is 0.322 e. The Morgan fingerprint density at radius 2 is 1.73 bits per heavy atom. The molecule has 0 bridgehead atoms. The number of hydrogen-bond acceptors (Lipinski definition) is 6. The number of amides is 1. The van der Waals surface area contributed by atoms with Gasteiger partial charge < -0.3 is 5.32 Å². The lowest BCUT2D eigenvalue weighted by molar-refractivity contribution is 0.102. The maximum Gasteiger partial charge on any atom is 0.257 e. The first-order chi connectivity index (χ1) is 12.3. The smallest absolute Gasteiger partial charge is 0.257 e. The highest BCUT2D eigenvalue weighted by Gasteiger charge is 2.11. The van der Waals surface area contributed by atoms with Gasteiger partial charge in [0.25, 0.3) is 5.91 Å². The molecule has 1 N–H and O–H groups in total. The van der Waals surface area contributed by atoms with Gasteiger partial charge in [0.05, 0.1) is 11.3 Å². The van der Waals surface area contributed by atoms with Gasteiger partial charge in [0.15, 0.2) is 14.9 Å². The van der Waals surface area contributed by atoms with Crippen molar-refractivity contribution in [2.75, 3.05) is 11.6 Å². The Morgan fingerprint density at radius 1 is 1.00 bits per heavy atom. The van der Waals surface area contributed by atoms with Crippen molar-refractivity contribution < 1.29 is 13.2 Å². The third kappa shape index (κ3) is 4.22. The van der Waals surface area contributed by atoms with Crippen LogP contribution in [0.5, 0.6) is 0 Å². The fourth-order valence-electron chi connectivity index (χ4n) is 2.11. The van der Waals surface area contributed by atoms with E-state index in [1.165, 1.54) is 12.3 Å². The van der Waals surface area contributed by atoms with Crippen LogP contribution in [0.15, 0.2) is 59.8 Å². The van der Waals surface area contributed by atoms with Gasteiger partial charge in [-0.1, -0.05) is 23.7 Å². The van der Waals surface area contributed by atoms with Gasteiger partial charge in [0, 0.05) is 23.7 Å². The molecule has 9 heteroatoms. The van der Waals surface area contributed by atoms with Gasteiger partial charge in [-0.15, -0.1) is 10.2 Å². The molecule has 0 aliphatic carbocycles. The van der Waals surface area contributed by atoms with Crippen molar-refractivity contribution in [1.29, 1.82) is 0 Å². The van der Waals surface area contributed by atoms with Crippen molar-refractivity contribution in [2.24, 2.45) is 0 Å². The van der Waals surface area contributed by atoms with Gasteiger partial charge in [-0.05, 0) is 36.4 Å². The molecular formula is C17H13ClN4O3S. The first-order valence-corrected chi connectivity index (χ1v) is 9.67. The molecule has 3 rings (SSSR count). The second-order valence-corrected chi connectivity index (χ2v) is 7.78. The van der Waals surface area contributed by atoms with Gasteiger partial charge in [0.2, 0.25) is 0 Å². The number of hydrogen-bond donors (Lipinski definition) is 1. The van der Waals surface area contributed by atoms with Crippen molar-refractivity contribution in [2.45, 2.75) is 5.03 Å². The molecule has 132 valence electrons. The molecule has 0 spiro atoms. The molecule has 0 unspecified atom stereocenters. The Hall–Kier alpha value is -2.84. The Labute approximate surface area is 155 Å². The van der Waals surface area contributed by atoms with Crippen LogP contribution < -0.4 is 5.32 Å². The highest BCUT2D eigenvalue weighted by molar-refractivity contribution is 7.90. The number of nitrogens with zero attached hydrogens (tertiary/aromatic N) is 3. The predicted molar refractivity (Wildman–Crippen MR) is 97.8 cm³/mol. The molecule has 0 aliphatic heterocycles. The van der Waals surface area contributed by atoms with Gasteiger partial charge in [-0.25, -0.2) is 13.4 Å². The number of sulfone groups is 1. The SMILES string of the molecule is CS(=O)(=O)c1ccc(-c2ccc(NC(=O)c3ccc(Cl)nc3)cc2)nn1. The van der Waals surface area contributed by atoms with E-state index in [0.29, 0.717) is 22.1 Å². The minimum atomic E-state index is -3.39. The third-order valence-electron chi connectivity index (χ3n) is 3.45. The number of pyridine rings is 1. The monoisotopic (exact) mass is 388 g/mol. The molecule has 2 heterocycles. The first-order valence-electron chi connectivity index (χ1n) is 7.40. The minimum absolute atomic E-state index is 0.0818. The second-order valence-electron chi connectivity index (χ2n) is 5.43. The molecule has 3 aromatic rings. The van der Waals surface area contributed by atoms with Crippen molar-refractivity contribution in [3.05, 3.63) is 65.4 Å². The third-order valence-corrected chi connectivity index (χ3v) is 4.65. The molecular weight excluding hydrogens is 376 g/mol. The van der Waals surface area contributed by atoms with E-state index in [1.807, 2.05) is 0 Å². The number of rotatable bonds is 4. The normalized spacial score (nSPS) is 11.2. The lowest BCUT2D eigenvalue weighted by Crippen LogP contribution is -2.12. The standard InChI is InChI=1S/C17H13ClN4O3S/c1-26(24,25)16-9-7-14(21-22-16)11-2-5-13(6-3-11)20-17(23)12-4-8-15(18)19-10-12/h2-10H,1H3,(H,20,23). The highest BCUT2D eigenvalue weighted by Crippen LogP contribution is 2.20. The maximum atomic E-state index is 12.1. The van der Waals surface area contributed by atoms with Crippen LogP contribution in [0.25, 0.3) is 11.3 Å². The van der Waals surface area contributed by atoms with E-state index in [1.54, 1.807) is 42.5 Å². The van der Waals surface area contributed by atoms with Crippen molar-refractivity contribution >= 4 is 33.0 Å². The Kier molecular flexibility index (Phi) is 4.97. The molecule has 1 aromatic carbocycles. The van der Waals surface area contributed by atoms with Crippen LogP contribution in [0.2, 0.25) is 5.15 Å². The summed E-state index contributed by atoms with van der Waals surface area (Å²) in [5.41, 5.74) is 2.25. The zero-order chi connectivity index (χ0) is 18.7. The fourth-order valence-corrected chi connectivity index (χ4v) is 2.73. The molecule has 26 heavy (non-hydrogen) atoms. The summed E-state index contributed by atoms with van der Waals surface area (Å²) in [4.78, 5) is 16.0.